The van der Waals surface area contributed by atoms with Crippen molar-refractivity contribution in [2.45, 2.75) is 38.7 Å². The van der Waals surface area contributed by atoms with Crippen LogP contribution in [0.3, 0.4) is 0 Å². The molecule has 11 heteroatoms. The molecule has 5 aromatic carbocycles. The van der Waals surface area contributed by atoms with Gasteiger partial charge in [-0.05, 0) is 77.6 Å². The van der Waals surface area contributed by atoms with Crippen LogP contribution in [0.25, 0.3) is 33.4 Å². The van der Waals surface area contributed by atoms with Gasteiger partial charge in [0, 0.05) is 17.7 Å². The van der Waals surface area contributed by atoms with Crippen LogP contribution in [-0.2, 0) is 12.5 Å². The van der Waals surface area contributed by atoms with Gasteiger partial charge in [0.1, 0.15) is 34.8 Å². The third kappa shape index (κ3) is 7.13. The Balaban J connectivity index is 1.39. The van der Waals surface area contributed by atoms with Crippen molar-refractivity contribution in [3.63, 3.8) is 0 Å². The van der Waals surface area contributed by atoms with E-state index in [2.05, 4.69) is 4.74 Å². The monoisotopic (exact) mass is 662 g/mol. The van der Waals surface area contributed by atoms with Crippen molar-refractivity contribution >= 4 is 0 Å². The van der Waals surface area contributed by atoms with Crippen molar-refractivity contribution in [2.24, 2.45) is 0 Å². The lowest BCUT2D eigenvalue weighted by atomic mass is 9.95. The maximum atomic E-state index is 15.2. The van der Waals surface area contributed by atoms with Crippen LogP contribution >= 0.6 is 0 Å². The van der Waals surface area contributed by atoms with Gasteiger partial charge in [-0.2, -0.15) is 8.78 Å². The number of hydrogen-bond acceptors (Lipinski definition) is 1. The molecule has 0 saturated heterocycles. The van der Waals surface area contributed by atoms with Crippen molar-refractivity contribution in [3.8, 4) is 39.1 Å². The molecule has 0 saturated carbocycles. The number of halogens is 10. The summed E-state index contributed by atoms with van der Waals surface area (Å²) >= 11 is 0. The second-order valence-electron chi connectivity index (χ2n) is 10.8. The molecule has 0 amide bonds. The molecule has 0 radical (unpaired) electrons. The van der Waals surface area contributed by atoms with E-state index in [0.717, 1.165) is 61.2 Å². The van der Waals surface area contributed by atoms with Crippen molar-refractivity contribution < 1.29 is 48.6 Å². The second kappa shape index (κ2) is 13.5. The molecule has 0 atom stereocenters. The smallest absolute Gasteiger partial charge is 0.426 e. The number of unbranched alkanes of at least 4 members (excludes halogenated alkanes) is 2. The van der Waals surface area contributed by atoms with E-state index in [1.807, 2.05) is 6.92 Å². The highest BCUT2D eigenvalue weighted by molar-refractivity contribution is 5.75. The first-order valence-corrected chi connectivity index (χ1v) is 14.4. The largest absolute Gasteiger partial charge is 0.429 e. The van der Waals surface area contributed by atoms with Crippen LogP contribution in [-0.4, -0.2) is 0 Å². The average Bonchev–Trinajstić information content (AvgIpc) is 2.99. The molecule has 0 spiro atoms. The zero-order chi connectivity index (χ0) is 34.0. The molecule has 0 heterocycles. The average molecular weight is 663 g/mol. The molecular weight excluding hydrogens is 638 g/mol. The van der Waals surface area contributed by atoms with Crippen molar-refractivity contribution in [2.75, 3.05) is 0 Å². The zero-order valence-electron chi connectivity index (χ0n) is 24.5. The molecule has 0 fully saturated rings. The van der Waals surface area contributed by atoms with Gasteiger partial charge in [0.05, 0.1) is 16.7 Å². The Morgan fingerprint density at radius 3 is 1.60 bits per heavy atom. The van der Waals surface area contributed by atoms with Crippen molar-refractivity contribution in [1.29, 1.82) is 0 Å². The normalized spacial score (nSPS) is 11.6. The summed E-state index contributed by atoms with van der Waals surface area (Å²) in [5.41, 5.74) is -2.54. The number of rotatable bonds is 10. The molecule has 5 aromatic rings. The van der Waals surface area contributed by atoms with Crippen LogP contribution < -0.4 is 4.74 Å². The Bertz CT molecular complexity index is 1870. The van der Waals surface area contributed by atoms with Crippen molar-refractivity contribution in [3.05, 3.63) is 137 Å². The van der Waals surface area contributed by atoms with E-state index in [-0.39, 0.29) is 28.8 Å². The lowest BCUT2D eigenvalue weighted by molar-refractivity contribution is -0.185. The molecule has 244 valence electrons. The van der Waals surface area contributed by atoms with Gasteiger partial charge in [0.15, 0.2) is 17.5 Å². The highest BCUT2D eigenvalue weighted by Crippen LogP contribution is 2.38. The van der Waals surface area contributed by atoms with E-state index < -0.39 is 80.6 Å². The van der Waals surface area contributed by atoms with Crippen LogP contribution in [0, 0.1) is 46.5 Å². The number of hydrogen-bond donors (Lipinski definition) is 0. The fourth-order valence-electron chi connectivity index (χ4n) is 5.15. The zero-order valence-corrected chi connectivity index (χ0v) is 24.5. The quantitative estimate of drug-likeness (QED) is 0.0822. The van der Waals surface area contributed by atoms with Crippen LogP contribution in [0.15, 0.2) is 78.9 Å². The second-order valence-corrected chi connectivity index (χ2v) is 10.8. The predicted molar refractivity (Wildman–Crippen MR) is 157 cm³/mol. The fourth-order valence-corrected chi connectivity index (χ4v) is 5.15. The van der Waals surface area contributed by atoms with E-state index in [0.29, 0.717) is 18.6 Å². The molecule has 0 N–H and O–H groups in total. The van der Waals surface area contributed by atoms with Crippen LogP contribution in [0.4, 0.5) is 43.9 Å². The standard InChI is InChI=1S/C36H24F10O/c1-2-3-4-5-19-6-11-25(26(37)12-19)21-13-27(38)34(28(39)14-21)22-15-29(40)33(30(41)16-22)20-7-9-23(10-8-20)36(45,46)47-24-17-31(42)35(44)32(43)18-24/h6-18H,2-5H2,1H3. The topological polar surface area (TPSA) is 9.23 Å². The van der Waals surface area contributed by atoms with Gasteiger partial charge >= 0.3 is 6.11 Å². The maximum absolute atomic E-state index is 15.2. The first-order chi connectivity index (χ1) is 22.3. The summed E-state index contributed by atoms with van der Waals surface area (Å²) in [4.78, 5) is 0. The van der Waals surface area contributed by atoms with Gasteiger partial charge in [0.25, 0.3) is 0 Å². The minimum Gasteiger partial charge on any atom is -0.429 e. The van der Waals surface area contributed by atoms with Gasteiger partial charge in [-0.3, -0.25) is 0 Å². The molecule has 0 aliphatic rings. The third-order valence-electron chi connectivity index (χ3n) is 7.50. The van der Waals surface area contributed by atoms with Gasteiger partial charge in [-0.15, -0.1) is 0 Å². The molecule has 0 bridgehead atoms. The molecule has 0 aromatic heterocycles. The Morgan fingerprint density at radius 2 is 1.06 bits per heavy atom. The highest BCUT2D eigenvalue weighted by Gasteiger charge is 2.35. The summed E-state index contributed by atoms with van der Waals surface area (Å²) in [6.45, 7) is 2.03. The molecule has 1 nitrogen and oxygen atoms in total. The molecule has 47 heavy (non-hydrogen) atoms. The summed E-state index contributed by atoms with van der Waals surface area (Å²) < 4.78 is 149. The van der Waals surface area contributed by atoms with E-state index in [4.69, 9.17) is 0 Å². The van der Waals surface area contributed by atoms with E-state index >= 15 is 17.6 Å². The highest BCUT2D eigenvalue weighted by atomic mass is 19.3. The number of aryl methyl sites for hydroxylation is 1. The van der Waals surface area contributed by atoms with Gasteiger partial charge in [-0.1, -0.05) is 44.0 Å². The number of ether oxygens (including phenoxy) is 1. The summed E-state index contributed by atoms with van der Waals surface area (Å²) in [5.74, 6) is -12.0. The first-order valence-electron chi connectivity index (χ1n) is 14.4. The summed E-state index contributed by atoms with van der Waals surface area (Å²) in [6, 6.07) is 11.1. The number of benzene rings is 5. The Hall–Kier alpha value is -4.80. The lowest BCUT2D eigenvalue weighted by Crippen LogP contribution is -2.22. The van der Waals surface area contributed by atoms with Gasteiger partial charge < -0.3 is 4.74 Å². The fraction of sp³-hybridized carbons (Fsp3) is 0.167. The van der Waals surface area contributed by atoms with Gasteiger partial charge in [0.2, 0.25) is 0 Å². The van der Waals surface area contributed by atoms with Crippen molar-refractivity contribution in [1.82, 2.24) is 0 Å². The van der Waals surface area contributed by atoms with E-state index in [1.165, 1.54) is 12.1 Å². The Kier molecular flexibility index (Phi) is 9.65. The predicted octanol–water partition coefficient (Wildman–Crippen LogP) is 11.7. The molecule has 0 aliphatic carbocycles. The van der Waals surface area contributed by atoms with E-state index in [9.17, 15) is 26.3 Å². The molecule has 0 aliphatic heterocycles. The summed E-state index contributed by atoms with van der Waals surface area (Å²) in [6.07, 6.45) is -0.730. The third-order valence-corrected chi connectivity index (χ3v) is 7.50. The minimum atomic E-state index is -4.20. The van der Waals surface area contributed by atoms with Crippen LogP contribution in [0.5, 0.6) is 5.75 Å². The van der Waals surface area contributed by atoms with E-state index in [1.54, 1.807) is 6.07 Å². The number of alkyl halides is 2. The summed E-state index contributed by atoms with van der Waals surface area (Å²) in [7, 11) is 0. The molecule has 5 rings (SSSR count). The SMILES string of the molecule is CCCCCc1ccc(-c2cc(F)c(-c3cc(F)c(-c4ccc(C(F)(F)Oc5cc(F)c(F)c(F)c5)cc4)c(F)c3)c(F)c2)c(F)c1. The van der Waals surface area contributed by atoms with Gasteiger partial charge in [-0.25, -0.2) is 35.1 Å². The molecular formula is C36H24F10O. The first kappa shape index (κ1) is 33.6. The van der Waals surface area contributed by atoms with Crippen LogP contribution in [0.2, 0.25) is 0 Å². The maximum Gasteiger partial charge on any atom is 0.426 e. The minimum absolute atomic E-state index is 0.0577. The Labute approximate surface area is 263 Å². The lowest BCUT2D eigenvalue weighted by Gasteiger charge is -2.19. The summed E-state index contributed by atoms with van der Waals surface area (Å²) in [5, 5.41) is 0. The molecule has 0 unspecified atom stereocenters. The van der Waals surface area contributed by atoms with Crippen LogP contribution in [0.1, 0.15) is 37.3 Å². The Morgan fingerprint density at radius 1 is 0.532 bits per heavy atom.